The van der Waals surface area contributed by atoms with Crippen LogP contribution in [0.4, 0.5) is 0 Å². The second kappa shape index (κ2) is 15.8. The molecule has 4 heteroatoms. The molecule has 0 rings (SSSR count). The monoisotopic (exact) mass is 345 g/mol. The average Bonchev–Trinajstić information content (AvgIpc) is 0. The molecule has 0 spiro atoms. The van der Waals surface area contributed by atoms with E-state index in [0.717, 1.165) is 0 Å². The fraction of sp³-hybridized carbons (Fsp3) is 0. The van der Waals surface area contributed by atoms with Gasteiger partial charge in [-0.15, -0.1) is 0 Å². The molecule has 0 nitrogen and oxygen atoms in total. The van der Waals surface area contributed by atoms with E-state index < -0.39 is 0 Å². The van der Waals surface area contributed by atoms with Crippen LogP contribution >= 0.6 is 0 Å². The Kier molecular flexibility index (Phi) is 98.0. The molecule has 0 bridgehead atoms. The number of hydrogen-bond donors (Lipinski definition) is 0. The Labute approximate surface area is 117 Å². The molecule has 0 saturated heterocycles. The van der Waals surface area contributed by atoms with Gasteiger partial charge in [-0.25, -0.2) is 0 Å². The molecule has 0 amide bonds. The van der Waals surface area contributed by atoms with Gasteiger partial charge in [0.2, 0.25) is 0 Å². The molecule has 4 heavy (non-hydrogen) atoms. The van der Waals surface area contributed by atoms with Crippen molar-refractivity contribution >= 4 is 45.5 Å². The topological polar surface area (TPSA) is 0 Å². The Balaban J connectivity index is 0. The molecular formula is H2CoMnPrSr. The molecule has 0 atom stereocenters. The van der Waals surface area contributed by atoms with Gasteiger partial charge in [0.1, 0.15) is 0 Å². The van der Waals surface area contributed by atoms with Crippen LogP contribution in [0.1, 0.15) is 0 Å². The summed E-state index contributed by atoms with van der Waals surface area (Å²) in [5.41, 5.74) is 0. The Morgan fingerprint density at radius 3 is 1.00 bits per heavy atom. The van der Waals surface area contributed by atoms with Gasteiger partial charge in [0.15, 0.2) is 0 Å². The van der Waals surface area contributed by atoms with Crippen LogP contribution in [0.3, 0.4) is 0 Å². The zero-order chi connectivity index (χ0) is 0. The first-order valence-corrected chi connectivity index (χ1v) is 0. The van der Waals surface area contributed by atoms with Crippen LogP contribution in [0, 0.1) is 41.3 Å². The van der Waals surface area contributed by atoms with Crippen molar-refractivity contribution in [2.24, 2.45) is 0 Å². The normalized spacial score (nSPS) is 0. The fourth-order valence-electron chi connectivity index (χ4n) is 0. The summed E-state index contributed by atoms with van der Waals surface area (Å²) >= 11 is 0. The summed E-state index contributed by atoms with van der Waals surface area (Å²) in [6, 6.07) is 0. The van der Waals surface area contributed by atoms with Crippen LogP contribution in [0.5, 0.6) is 0 Å². The van der Waals surface area contributed by atoms with Crippen molar-refractivity contribution in [3.05, 3.63) is 0 Å². The summed E-state index contributed by atoms with van der Waals surface area (Å²) in [6.07, 6.45) is 0. The van der Waals surface area contributed by atoms with Gasteiger partial charge < -0.3 is 0 Å². The SMILES string of the molecule is [Co].[Mn].[Pr].[SrH2]. The second-order valence-electron chi connectivity index (χ2n) is 0. The van der Waals surface area contributed by atoms with Gasteiger partial charge >= 0.3 is 45.5 Å². The predicted octanol–water partition coefficient (Wildman–Crippen LogP) is -0.921. The van der Waals surface area contributed by atoms with Crippen molar-refractivity contribution in [2.45, 2.75) is 0 Å². The molecule has 23 valence electrons. The molecule has 0 heterocycles. The molecule has 0 fully saturated rings. The van der Waals surface area contributed by atoms with Crippen LogP contribution in [0.15, 0.2) is 0 Å². The van der Waals surface area contributed by atoms with E-state index in [9.17, 15) is 0 Å². The zero-order valence-corrected chi connectivity index (χ0v) is 7.21. The molecule has 0 aromatic carbocycles. The zero-order valence-electron chi connectivity index (χ0n) is 1.29. The fourth-order valence-corrected chi connectivity index (χ4v) is 0. The van der Waals surface area contributed by atoms with E-state index >= 15 is 0 Å². The van der Waals surface area contributed by atoms with Gasteiger partial charge in [-0.3, -0.25) is 0 Å². The maximum atomic E-state index is 0. The third kappa shape index (κ3) is 9.30. The van der Waals surface area contributed by atoms with Crippen molar-refractivity contribution in [3.63, 3.8) is 0 Å². The van der Waals surface area contributed by atoms with Crippen molar-refractivity contribution < 1.29 is 75.1 Å². The van der Waals surface area contributed by atoms with Crippen LogP contribution in [0.25, 0.3) is 0 Å². The summed E-state index contributed by atoms with van der Waals surface area (Å²) < 4.78 is 0. The standard InChI is InChI=1S/Co.Mn.Pr.Sr.2H. The number of rotatable bonds is 0. The van der Waals surface area contributed by atoms with E-state index in [4.69, 9.17) is 0 Å². The first-order valence-electron chi connectivity index (χ1n) is 0. The third-order valence-corrected chi connectivity index (χ3v) is 0. The van der Waals surface area contributed by atoms with Crippen LogP contribution in [-0.2, 0) is 33.8 Å². The molecular weight excluding hydrogens is 342 g/mol. The van der Waals surface area contributed by atoms with Gasteiger partial charge in [-0.05, 0) is 0 Å². The maximum absolute atomic E-state index is 0. The van der Waals surface area contributed by atoms with Crippen LogP contribution in [0.2, 0.25) is 0 Å². The molecule has 0 aliphatic rings. The van der Waals surface area contributed by atoms with Crippen molar-refractivity contribution in [3.8, 4) is 0 Å². The van der Waals surface area contributed by atoms with Gasteiger partial charge in [0.05, 0.1) is 0 Å². The third-order valence-electron chi connectivity index (χ3n) is 0. The molecule has 0 aromatic heterocycles. The Morgan fingerprint density at radius 2 is 1.00 bits per heavy atom. The minimum atomic E-state index is 0. The summed E-state index contributed by atoms with van der Waals surface area (Å²) in [6.45, 7) is 0. The Hall–Kier alpha value is 3.87. The molecule has 0 N–H and O–H groups in total. The first kappa shape index (κ1) is 24.8. The van der Waals surface area contributed by atoms with Crippen molar-refractivity contribution in [1.82, 2.24) is 0 Å². The summed E-state index contributed by atoms with van der Waals surface area (Å²) in [4.78, 5) is 0. The van der Waals surface area contributed by atoms with E-state index in [1.54, 1.807) is 0 Å². The summed E-state index contributed by atoms with van der Waals surface area (Å²) in [5.74, 6) is 0. The minimum absolute atomic E-state index is 0. The van der Waals surface area contributed by atoms with Gasteiger partial charge in [0, 0.05) is 75.1 Å². The van der Waals surface area contributed by atoms with E-state index in [0.29, 0.717) is 0 Å². The first-order chi connectivity index (χ1) is 0. The van der Waals surface area contributed by atoms with Crippen molar-refractivity contribution in [1.29, 1.82) is 0 Å². The van der Waals surface area contributed by atoms with Gasteiger partial charge in [0.25, 0.3) is 0 Å². The molecule has 0 aliphatic carbocycles. The Morgan fingerprint density at radius 1 is 1.00 bits per heavy atom. The average molecular weight is 344 g/mol. The van der Waals surface area contributed by atoms with E-state index in [-0.39, 0.29) is 121 Å². The van der Waals surface area contributed by atoms with E-state index in [1.165, 1.54) is 0 Å². The molecule has 0 aliphatic heterocycles. The molecule has 0 saturated carbocycles. The predicted molar refractivity (Wildman–Crippen MR) is 8.54 cm³/mol. The van der Waals surface area contributed by atoms with Crippen molar-refractivity contribution in [2.75, 3.05) is 0 Å². The molecule has 3 radical (unpaired) electrons. The second-order valence-corrected chi connectivity index (χ2v) is 0. The Bertz CT molecular complexity index is 8.00. The van der Waals surface area contributed by atoms with Gasteiger partial charge in [-0.2, -0.15) is 0 Å². The van der Waals surface area contributed by atoms with Crippen LogP contribution < -0.4 is 0 Å². The summed E-state index contributed by atoms with van der Waals surface area (Å²) in [7, 11) is 0. The molecule has 0 aromatic rings. The molecule has 0 unspecified atom stereocenters. The quantitative estimate of drug-likeness (QED) is 0.499. The summed E-state index contributed by atoms with van der Waals surface area (Å²) in [5, 5.41) is 0. The van der Waals surface area contributed by atoms with Gasteiger partial charge in [-0.1, -0.05) is 0 Å². The van der Waals surface area contributed by atoms with Crippen LogP contribution in [-0.4, -0.2) is 45.5 Å². The van der Waals surface area contributed by atoms with E-state index in [1.807, 2.05) is 0 Å². The number of hydrogen-bond acceptors (Lipinski definition) is 0. The van der Waals surface area contributed by atoms with E-state index in [2.05, 4.69) is 0 Å².